The molecule has 2 atom stereocenters. The molecule has 0 amide bonds. The number of hydrogen-bond donors (Lipinski definition) is 1. The molecule has 0 aliphatic heterocycles. The maximum atomic E-state index is 5.99. The first-order chi connectivity index (χ1) is 6.77. The van der Waals surface area contributed by atoms with Crippen molar-refractivity contribution < 1.29 is 4.52 Å². The Balaban J connectivity index is 2.01. The van der Waals surface area contributed by atoms with Crippen LogP contribution in [-0.4, -0.2) is 11.2 Å². The molecule has 3 rings (SSSR count). The lowest BCUT2D eigenvalue weighted by Gasteiger charge is -2.14. The second-order valence-corrected chi connectivity index (χ2v) is 4.68. The summed E-state index contributed by atoms with van der Waals surface area (Å²) >= 11 is 0. The van der Waals surface area contributed by atoms with E-state index in [9.17, 15) is 0 Å². The summed E-state index contributed by atoms with van der Waals surface area (Å²) < 4.78 is 5.38. The molecule has 1 saturated carbocycles. The van der Waals surface area contributed by atoms with Crippen LogP contribution in [-0.2, 0) is 6.42 Å². The number of fused-ring (bicyclic) bond motifs is 1. The Hall–Kier alpha value is -0.830. The molecule has 0 saturated heterocycles. The van der Waals surface area contributed by atoms with Gasteiger partial charge in [0.15, 0.2) is 0 Å². The summed E-state index contributed by atoms with van der Waals surface area (Å²) in [5.74, 6) is 2.28. The summed E-state index contributed by atoms with van der Waals surface area (Å²) in [6.07, 6.45) is 4.74. The maximum absolute atomic E-state index is 5.99. The van der Waals surface area contributed by atoms with Crippen LogP contribution in [0.2, 0.25) is 0 Å². The molecule has 1 aromatic heterocycles. The molecule has 1 aromatic rings. The van der Waals surface area contributed by atoms with E-state index in [-0.39, 0.29) is 6.04 Å². The van der Waals surface area contributed by atoms with Gasteiger partial charge in [0.25, 0.3) is 0 Å². The Bertz CT molecular complexity index is 352. The van der Waals surface area contributed by atoms with Gasteiger partial charge < -0.3 is 10.3 Å². The van der Waals surface area contributed by atoms with Crippen molar-refractivity contribution in [3.05, 3.63) is 17.0 Å². The lowest BCUT2D eigenvalue weighted by atomic mass is 9.93. The Morgan fingerprint density at radius 1 is 1.43 bits per heavy atom. The zero-order valence-electron chi connectivity index (χ0n) is 8.49. The van der Waals surface area contributed by atoms with Crippen molar-refractivity contribution in [2.45, 2.75) is 50.5 Å². The molecule has 2 unspecified atom stereocenters. The predicted molar refractivity (Wildman–Crippen MR) is 53.2 cm³/mol. The average molecular weight is 192 g/mol. The fourth-order valence-electron chi connectivity index (χ4n) is 2.53. The first-order valence-electron chi connectivity index (χ1n) is 5.51. The SMILES string of the molecule is CC(N)C1CCc2onc(C3CC3)c21. The number of aryl methyl sites for hydroxylation is 1. The van der Waals surface area contributed by atoms with Gasteiger partial charge in [-0.25, -0.2) is 0 Å². The van der Waals surface area contributed by atoms with Gasteiger partial charge in [0.1, 0.15) is 5.76 Å². The molecule has 2 N–H and O–H groups in total. The molecular weight excluding hydrogens is 176 g/mol. The van der Waals surface area contributed by atoms with E-state index in [1.807, 2.05) is 0 Å². The molecule has 3 heteroatoms. The molecule has 1 fully saturated rings. The fourth-order valence-corrected chi connectivity index (χ4v) is 2.53. The molecule has 0 aromatic carbocycles. The third-order valence-electron chi connectivity index (χ3n) is 3.48. The van der Waals surface area contributed by atoms with E-state index in [2.05, 4.69) is 12.1 Å². The lowest BCUT2D eigenvalue weighted by Crippen LogP contribution is -2.23. The molecule has 76 valence electrons. The third kappa shape index (κ3) is 1.12. The van der Waals surface area contributed by atoms with E-state index >= 15 is 0 Å². The van der Waals surface area contributed by atoms with Gasteiger partial charge in [-0.1, -0.05) is 5.16 Å². The monoisotopic (exact) mass is 192 g/mol. The number of rotatable bonds is 2. The minimum Gasteiger partial charge on any atom is -0.361 e. The van der Waals surface area contributed by atoms with Crippen LogP contribution in [0.25, 0.3) is 0 Å². The van der Waals surface area contributed by atoms with Gasteiger partial charge in [-0.05, 0) is 26.2 Å². The van der Waals surface area contributed by atoms with E-state index < -0.39 is 0 Å². The highest BCUT2D eigenvalue weighted by atomic mass is 16.5. The van der Waals surface area contributed by atoms with E-state index in [0.29, 0.717) is 11.8 Å². The van der Waals surface area contributed by atoms with Crippen molar-refractivity contribution in [1.82, 2.24) is 5.16 Å². The average Bonchev–Trinajstić information content (AvgIpc) is 2.77. The van der Waals surface area contributed by atoms with Crippen LogP contribution >= 0.6 is 0 Å². The standard InChI is InChI=1S/C11H16N2O/c1-6(12)8-4-5-9-10(8)11(13-14-9)7-2-3-7/h6-8H,2-5,12H2,1H3. The van der Waals surface area contributed by atoms with Gasteiger partial charge >= 0.3 is 0 Å². The van der Waals surface area contributed by atoms with Crippen molar-refractivity contribution in [2.75, 3.05) is 0 Å². The lowest BCUT2D eigenvalue weighted by molar-refractivity contribution is 0.378. The number of nitrogens with two attached hydrogens (primary N) is 1. The van der Waals surface area contributed by atoms with Crippen LogP contribution in [0.15, 0.2) is 4.52 Å². The Morgan fingerprint density at radius 3 is 2.86 bits per heavy atom. The van der Waals surface area contributed by atoms with Crippen LogP contribution < -0.4 is 5.73 Å². The summed E-state index contributed by atoms with van der Waals surface area (Å²) in [4.78, 5) is 0. The van der Waals surface area contributed by atoms with E-state index in [1.165, 1.54) is 24.1 Å². The third-order valence-corrected chi connectivity index (χ3v) is 3.48. The zero-order valence-corrected chi connectivity index (χ0v) is 8.49. The number of nitrogens with zero attached hydrogens (tertiary/aromatic N) is 1. The van der Waals surface area contributed by atoms with Crippen LogP contribution in [0, 0.1) is 0 Å². The van der Waals surface area contributed by atoms with Crippen LogP contribution in [0.4, 0.5) is 0 Å². The second-order valence-electron chi connectivity index (χ2n) is 4.68. The highest BCUT2D eigenvalue weighted by molar-refractivity contribution is 5.36. The minimum absolute atomic E-state index is 0.230. The Labute approximate surface area is 83.6 Å². The Morgan fingerprint density at radius 2 is 2.21 bits per heavy atom. The topological polar surface area (TPSA) is 52.0 Å². The van der Waals surface area contributed by atoms with Gasteiger partial charge in [-0.15, -0.1) is 0 Å². The molecule has 0 bridgehead atoms. The van der Waals surface area contributed by atoms with Crippen LogP contribution in [0.3, 0.4) is 0 Å². The summed E-state index contributed by atoms with van der Waals surface area (Å²) in [5.41, 5.74) is 8.58. The summed E-state index contributed by atoms with van der Waals surface area (Å²) in [6, 6.07) is 0.230. The van der Waals surface area contributed by atoms with E-state index in [1.54, 1.807) is 0 Å². The van der Waals surface area contributed by atoms with Crippen LogP contribution in [0.5, 0.6) is 0 Å². The first-order valence-corrected chi connectivity index (χ1v) is 5.51. The van der Waals surface area contributed by atoms with Crippen molar-refractivity contribution in [3.63, 3.8) is 0 Å². The zero-order chi connectivity index (χ0) is 9.71. The first kappa shape index (κ1) is 8.48. The normalized spacial score (nSPS) is 27.7. The van der Waals surface area contributed by atoms with E-state index in [0.717, 1.165) is 18.6 Å². The number of aromatic nitrogens is 1. The molecule has 14 heavy (non-hydrogen) atoms. The van der Waals surface area contributed by atoms with Crippen molar-refractivity contribution in [2.24, 2.45) is 5.73 Å². The quantitative estimate of drug-likeness (QED) is 0.779. The van der Waals surface area contributed by atoms with Gasteiger partial charge in [-0.3, -0.25) is 0 Å². The van der Waals surface area contributed by atoms with Crippen molar-refractivity contribution in [1.29, 1.82) is 0 Å². The molecule has 3 nitrogen and oxygen atoms in total. The second kappa shape index (κ2) is 2.83. The predicted octanol–water partition coefficient (Wildman–Crippen LogP) is 1.93. The molecule has 1 heterocycles. The van der Waals surface area contributed by atoms with Gasteiger partial charge in [0, 0.05) is 29.9 Å². The summed E-state index contributed by atoms with van der Waals surface area (Å²) in [5, 5.41) is 4.20. The molecule has 2 aliphatic rings. The van der Waals surface area contributed by atoms with Crippen LogP contribution in [0.1, 0.15) is 55.0 Å². The molecular formula is C11H16N2O. The van der Waals surface area contributed by atoms with Gasteiger partial charge in [0.05, 0.1) is 5.69 Å². The molecule has 2 aliphatic carbocycles. The van der Waals surface area contributed by atoms with Gasteiger partial charge in [-0.2, -0.15) is 0 Å². The largest absolute Gasteiger partial charge is 0.361 e. The minimum atomic E-state index is 0.230. The molecule has 0 spiro atoms. The van der Waals surface area contributed by atoms with E-state index in [4.69, 9.17) is 10.3 Å². The highest BCUT2D eigenvalue weighted by Gasteiger charge is 2.38. The fraction of sp³-hybridized carbons (Fsp3) is 0.727. The number of hydrogen-bond acceptors (Lipinski definition) is 3. The molecule has 0 radical (unpaired) electrons. The van der Waals surface area contributed by atoms with Gasteiger partial charge in [0.2, 0.25) is 0 Å². The highest BCUT2D eigenvalue weighted by Crippen LogP contribution is 2.47. The smallest absolute Gasteiger partial charge is 0.140 e. The summed E-state index contributed by atoms with van der Waals surface area (Å²) in [6.45, 7) is 2.09. The van der Waals surface area contributed by atoms with Crippen molar-refractivity contribution in [3.8, 4) is 0 Å². The Kier molecular flexibility index (Phi) is 1.71. The maximum Gasteiger partial charge on any atom is 0.140 e. The van der Waals surface area contributed by atoms with Crippen molar-refractivity contribution >= 4 is 0 Å². The summed E-state index contributed by atoms with van der Waals surface area (Å²) in [7, 11) is 0.